The lowest BCUT2D eigenvalue weighted by Gasteiger charge is -2.06. The van der Waals surface area contributed by atoms with E-state index in [9.17, 15) is 0 Å². The molecule has 2 nitrogen and oxygen atoms in total. The van der Waals surface area contributed by atoms with Gasteiger partial charge in [-0.15, -0.1) is 0 Å². The van der Waals surface area contributed by atoms with Crippen molar-refractivity contribution in [2.75, 3.05) is 7.11 Å². The Morgan fingerprint density at radius 3 is 2.71 bits per heavy atom. The molecule has 1 aromatic heterocycles. The molecule has 1 radical (unpaired) electrons. The van der Waals surface area contributed by atoms with E-state index in [1.807, 2.05) is 30.3 Å². The van der Waals surface area contributed by atoms with E-state index >= 15 is 0 Å². The molecule has 0 spiro atoms. The third-order valence-electron chi connectivity index (χ3n) is 2.03. The number of methoxy groups -OCH3 is 1. The average molecular weight is 184 g/mol. The highest BCUT2D eigenvalue weighted by Crippen LogP contribution is 2.27. The Kier molecular flexibility index (Phi) is 2.45. The van der Waals surface area contributed by atoms with Crippen LogP contribution in [-0.2, 0) is 0 Å². The van der Waals surface area contributed by atoms with Gasteiger partial charge in [-0.1, -0.05) is 24.3 Å². The van der Waals surface area contributed by atoms with Crippen molar-refractivity contribution in [3.8, 4) is 16.9 Å². The molecule has 0 aliphatic carbocycles. The van der Waals surface area contributed by atoms with Crippen LogP contribution in [0.2, 0.25) is 0 Å². The topological polar surface area (TPSA) is 22.1 Å². The molecule has 0 aliphatic heterocycles. The molecule has 0 saturated heterocycles. The number of nitrogens with zero attached hydrogens (tertiary/aromatic N) is 1. The second-order valence-corrected chi connectivity index (χ2v) is 2.86. The SMILES string of the molecule is COc1cnccc1-c1cc[c]cc1. The third-order valence-corrected chi connectivity index (χ3v) is 2.03. The highest BCUT2D eigenvalue weighted by molar-refractivity contribution is 5.69. The fourth-order valence-corrected chi connectivity index (χ4v) is 1.35. The van der Waals surface area contributed by atoms with Gasteiger partial charge in [0.2, 0.25) is 0 Å². The third kappa shape index (κ3) is 1.59. The lowest BCUT2D eigenvalue weighted by molar-refractivity contribution is 0.414. The van der Waals surface area contributed by atoms with Gasteiger partial charge in [0.15, 0.2) is 0 Å². The molecule has 1 heterocycles. The van der Waals surface area contributed by atoms with Gasteiger partial charge in [0.1, 0.15) is 5.75 Å². The summed E-state index contributed by atoms with van der Waals surface area (Å²) in [5.74, 6) is 0.790. The molecule has 0 atom stereocenters. The summed E-state index contributed by atoms with van der Waals surface area (Å²) in [6, 6.07) is 12.7. The number of pyridine rings is 1. The number of aromatic nitrogens is 1. The van der Waals surface area contributed by atoms with E-state index < -0.39 is 0 Å². The van der Waals surface area contributed by atoms with Crippen LogP contribution < -0.4 is 4.74 Å². The Balaban J connectivity index is 2.51. The summed E-state index contributed by atoms with van der Waals surface area (Å²) in [5, 5.41) is 0. The summed E-state index contributed by atoms with van der Waals surface area (Å²) in [6.07, 6.45) is 3.47. The van der Waals surface area contributed by atoms with E-state index in [-0.39, 0.29) is 0 Å². The number of rotatable bonds is 2. The summed E-state index contributed by atoms with van der Waals surface area (Å²) in [4.78, 5) is 4.01. The molecule has 0 bridgehead atoms. The molecule has 0 amide bonds. The van der Waals surface area contributed by atoms with Crippen molar-refractivity contribution in [3.05, 3.63) is 48.8 Å². The van der Waals surface area contributed by atoms with E-state index in [0.717, 1.165) is 16.9 Å². The van der Waals surface area contributed by atoms with E-state index in [4.69, 9.17) is 4.74 Å². The van der Waals surface area contributed by atoms with Gasteiger partial charge in [0.25, 0.3) is 0 Å². The summed E-state index contributed by atoms with van der Waals surface area (Å²) in [6.45, 7) is 0. The normalized spacial score (nSPS) is 9.79. The standard InChI is InChI=1S/C12H10NO/c1-14-12-9-13-8-7-11(12)10-5-3-2-4-6-10/h3-9H,1H3. The predicted molar refractivity (Wildman–Crippen MR) is 55.1 cm³/mol. The minimum absolute atomic E-state index is 0.790. The van der Waals surface area contributed by atoms with Crippen molar-refractivity contribution in [2.45, 2.75) is 0 Å². The number of benzene rings is 1. The molecule has 2 rings (SSSR count). The molecule has 1 aromatic carbocycles. The monoisotopic (exact) mass is 184 g/mol. The molecule has 2 heteroatoms. The summed E-state index contributed by atoms with van der Waals surface area (Å²) in [7, 11) is 1.65. The van der Waals surface area contributed by atoms with Gasteiger partial charge in [0.05, 0.1) is 13.3 Å². The molecule has 2 aromatic rings. The first-order valence-electron chi connectivity index (χ1n) is 4.36. The first-order chi connectivity index (χ1) is 6.92. The Labute approximate surface area is 83.2 Å². The molecule has 0 N–H and O–H groups in total. The first kappa shape index (κ1) is 8.75. The summed E-state index contributed by atoms with van der Waals surface area (Å²) >= 11 is 0. The van der Waals surface area contributed by atoms with Gasteiger partial charge < -0.3 is 4.74 Å². The van der Waals surface area contributed by atoms with Crippen molar-refractivity contribution >= 4 is 0 Å². The Morgan fingerprint density at radius 1 is 1.21 bits per heavy atom. The zero-order valence-electron chi connectivity index (χ0n) is 7.90. The molecule has 0 unspecified atom stereocenters. The van der Waals surface area contributed by atoms with Crippen LogP contribution in [-0.4, -0.2) is 12.1 Å². The number of ether oxygens (including phenoxy) is 1. The van der Waals surface area contributed by atoms with Gasteiger partial charge >= 0.3 is 0 Å². The van der Waals surface area contributed by atoms with Crippen LogP contribution in [0.4, 0.5) is 0 Å². The molecule has 0 saturated carbocycles. The molecule has 0 aliphatic rings. The van der Waals surface area contributed by atoms with Crippen molar-refractivity contribution < 1.29 is 4.74 Å². The van der Waals surface area contributed by atoms with Crippen LogP contribution in [0, 0.1) is 6.07 Å². The highest BCUT2D eigenvalue weighted by atomic mass is 16.5. The Bertz CT molecular complexity index is 412. The smallest absolute Gasteiger partial charge is 0.144 e. The lowest BCUT2D eigenvalue weighted by atomic mass is 10.1. The van der Waals surface area contributed by atoms with Crippen LogP contribution in [0.5, 0.6) is 5.75 Å². The van der Waals surface area contributed by atoms with E-state index in [0.29, 0.717) is 0 Å². The maximum Gasteiger partial charge on any atom is 0.144 e. The molecular formula is C12H10NO. The quantitative estimate of drug-likeness (QED) is 0.715. The minimum atomic E-state index is 0.790. The maximum atomic E-state index is 5.23. The molecule has 69 valence electrons. The lowest BCUT2D eigenvalue weighted by Crippen LogP contribution is -1.88. The largest absolute Gasteiger partial charge is 0.494 e. The molecular weight excluding hydrogens is 174 g/mol. The van der Waals surface area contributed by atoms with Gasteiger partial charge in [-0.2, -0.15) is 0 Å². The second-order valence-electron chi connectivity index (χ2n) is 2.86. The van der Waals surface area contributed by atoms with Gasteiger partial charge in [0, 0.05) is 11.8 Å². The second kappa shape index (κ2) is 3.92. The maximum absolute atomic E-state index is 5.23. The predicted octanol–water partition coefficient (Wildman–Crippen LogP) is 2.56. The van der Waals surface area contributed by atoms with Crippen LogP contribution in [0.15, 0.2) is 42.7 Å². The number of hydrogen-bond donors (Lipinski definition) is 0. The van der Waals surface area contributed by atoms with Crippen molar-refractivity contribution in [1.29, 1.82) is 0 Å². The zero-order chi connectivity index (χ0) is 9.80. The van der Waals surface area contributed by atoms with Gasteiger partial charge in [-0.3, -0.25) is 4.98 Å². The van der Waals surface area contributed by atoms with Crippen LogP contribution in [0.1, 0.15) is 0 Å². The van der Waals surface area contributed by atoms with Crippen molar-refractivity contribution in [3.63, 3.8) is 0 Å². The van der Waals surface area contributed by atoms with Crippen molar-refractivity contribution in [1.82, 2.24) is 4.98 Å². The highest BCUT2D eigenvalue weighted by Gasteiger charge is 2.03. The van der Waals surface area contributed by atoms with Gasteiger partial charge in [-0.05, 0) is 17.7 Å². The summed E-state index contributed by atoms with van der Waals surface area (Å²) < 4.78 is 5.23. The fraction of sp³-hybridized carbons (Fsp3) is 0.0833. The zero-order valence-corrected chi connectivity index (χ0v) is 7.90. The first-order valence-corrected chi connectivity index (χ1v) is 4.36. The van der Waals surface area contributed by atoms with E-state index in [1.54, 1.807) is 19.5 Å². The van der Waals surface area contributed by atoms with E-state index in [2.05, 4.69) is 11.1 Å². The van der Waals surface area contributed by atoms with Crippen molar-refractivity contribution in [2.24, 2.45) is 0 Å². The minimum Gasteiger partial charge on any atom is -0.494 e. The molecule has 0 fully saturated rings. The van der Waals surface area contributed by atoms with Crippen LogP contribution in [0.25, 0.3) is 11.1 Å². The van der Waals surface area contributed by atoms with Crippen LogP contribution in [0.3, 0.4) is 0 Å². The Morgan fingerprint density at radius 2 is 2.00 bits per heavy atom. The average Bonchev–Trinajstić information content (AvgIpc) is 2.30. The molecule has 14 heavy (non-hydrogen) atoms. The Hall–Kier alpha value is -1.83. The summed E-state index contributed by atoms with van der Waals surface area (Å²) in [5.41, 5.74) is 2.17. The van der Waals surface area contributed by atoms with E-state index in [1.165, 1.54) is 0 Å². The van der Waals surface area contributed by atoms with Crippen LogP contribution >= 0.6 is 0 Å². The fourth-order valence-electron chi connectivity index (χ4n) is 1.35. The van der Waals surface area contributed by atoms with Gasteiger partial charge in [-0.25, -0.2) is 0 Å². The number of hydrogen-bond acceptors (Lipinski definition) is 2.